The van der Waals surface area contributed by atoms with Gasteiger partial charge in [0.25, 0.3) is 0 Å². The maximum atomic E-state index is 11.8. The van der Waals surface area contributed by atoms with Crippen LogP contribution < -0.4 is 5.32 Å². The first-order valence-corrected chi connectivity index (χ1v) is 6.27. The summed E-state index contributed by atoms with van der Waals surface area (Å²) in [5.41, 5.74) is 0.810. The van der Waals surface area contributed by atoms with Crippen molar-refractivity contribution < 1.29 is 22.3 Å². The molecule has 21 heavy (non-hydrogen) atoms. The minimum atomic E-state index is -4.29. The van der Waals surface area contributed by atoms with Crippen molar-refractivity contribution in [1.29, 1.82) is 0 Å². The molecule has 0 aliphatic carbocycles. The minimum absolute atomic E-state index is 0.0425. The van der Waals surface area contributed by atoms with Gasteiger partial charge in [0, 0.05) is 12.1 Å². The number of nitrogens with zero attached hydrogens (tertiary/aromatic N) is 2. The predicted molar refractivity (Wildman–Crippen MR) is 68.3 cm³/mol. The average Bonchev–Trinajstić information content (AvgIpc) is 2.91. The summed E-state index contributed by atoms with van der Waals surface area (Å²) in [5, 5.41) is 10.6. The van der Waals surface area contributed by atoms with E-state index in [4.69, 9.17) is 4.42 Å². The molecular weight excluding hydrogens is 287 g/mol. The predicted octanol–water partition coefficient (Wildman–Crippen LogP) is 2.41. The standard InChI is InChI=1S/C13H14F3N3O2/c14-13(15,16)9-20-7-6-17-8-11-18-19-12(21-11)10-4-2-1-3-5-10/h1-5,17H,6-9H2. The molecule has 0 unspecified atom stereocenters. The smallest absolute Gasteiger partial charge is 0.411 e. The largest absolute Gasteiger partial charge is 0.419 e. The lowest BCUT2D eigenvalue weighted by molar-refractivity contribution is -0.173. The van der Waals surface area contributed by atoms with Gasteiger partial charge in [0.05, 0.1) is 13.2 Å². The van der Waals surface area contributed by atoms with E-state index in [1.165, 1.54) is 0 Å². The van der Waals surface area contributed by atoms with E-state index in [2.05, 4.69) is 20.3 Å². The summed E-state index contributed by atoms with van der Waals surface area (Å²) in [5.74, 6) is 0.769. The molecule has 0 aliphatic heterocycles. The van der Waals surface area contributed by atoms with Gasteiger partial charge in [-0.1, -0.05) is 18.2 Å². The molecule has 0 fully saturated rings. The van der Waals surface area contributed by atoms with Gasteiger partial charge in [0.15, 0.2) is 0 Å². The highest BCUT2D eigenvalue weighted by Gasteiger charge is 2.27. The molecular formula is C13H14F3N3O2. The molecule has 2 aromatic rings. The van der Waals surface area contributed by atoms with Crippen LogP contribution in [0.1, 0.15) is 5.89 Å². The number of alkyl halides is 3. The van der Waals surface area contributed by atoms with Crippen molar-refractivity contribution in [2.24, 2.45) is 0 Å². The van der Waals surface area contributed by atoms with Crippen molar-refractivity contribution in [3.63, 3.8) is 0 Å². The summed E-state index contributed by atoms with van der Waals surface area (Å²) in [7, 11) is 0. The highest BCUT2D eigenvalue weighted by Crippen LogP contribution is 2.16. The number of ether oxygens (including phenoxy) is 1. The normalized spacial score (nSPS) is 11.8. The molecule has 0 radical (unpaired) electrons. The molecule has 2 rings (SSSR count). The van der Waals surface area contributed by atoms with Gasteiger partial charge in [-0.05, 0) is 12.1 Å². The fraction of sp³-hybridized carbons (Fsp3) is 0.385. The third-order valence-corrected chi connectivity index (χ3v) is 2.45. The maximum absolute atomic E-state index is 11.8. The van der Waals surface area contributed by atoms with Crippen molar-refractivity contribution in [3.8, 4) is 11.5 Å². The van der Waals surface area contributed by atoms with Crippen LogP contribution in [0.2, 0.25) is 0 Å². The monoisotopic (exact) mass is 301 g/mol. The Morgan fingerprint density at radius 1 is 1.14 bits per heavy atom. The molecule has 8 heteroatoms. The number of aromatic nitrogens is 2. The van der Waals surface area contributed by atoms with Crippen molar-refractivity contribution in [3.05, 3.63) is 36.2 Å². The van der Waals surface area contributed by atoms with Crippen molar-refractivity contribution >= 4 is 0 Å². The van der Waals surface area contributed by atoms with Crippen LogP contribution in [0.3, 0.4) is 0 Å². The second-order valence-corrected chi connectivity index (χ2v) is 4.21. The van der Waals surface area contributed by atoms with Crippen LogP contribution in [0.15, 0.2) is 34.7 Å². The third-order valence-electron chi connectivity index (χ3n) is 2.45. The summed E-state index contributed by atoms with van der Waals surface area (Å²) in [6, 6.07) is 9.28. The summed E-state index contributed by atoms with van der Waals surface area (Å²) in [6.07, 6.45) is -4.29. The Morgan fingerprint density at radius 3 is 2.62 bits per heavy atom. The fourth-order valence-electron chi connectivity index (χ4n) is 1.55. The van der Waals surface area contributed by atoms with Gasteiger partial charge in [0.1, 0.15) is 6.61 Å². The van der Waals surface area contributed by atoms with Gasteiger partial charge < -0.3 is 14.5 Å². The van der Waals surface area contributed by atoms with E-state index in [9.17, 15) is 13.2 Å². The average molecular weight is 301 g/mol. The second-order valence-electron chi connectivity index (χ2n) is 4.21. The summed E-state index contributed by atoms with van der Waals surface area (Å²) >= 11 is 0. The van der Waals surface area contributed by atoms with Crippen LogP contribution in [0.5, 0.6) is 0 Å². The Hall–Kier alpha value is -1.93. The molecule has 0 amide bonds. The lowest BCUT2D eigenvalue weighted by Crippen LogP contribution is -2.23. The zero-order chi connectivity index (χ0) is 15.1. The van der Waals surface area contributed by atoms with E-state index in [0.29, 0.717) is 11.8 Å². The zero-order valence-electron chi connectivity index (χ0n) is 11.1. The minimum Gasteiger partial charge on any atom is -0.419 e. The number of nitrogens with one attached hydrogen (secondary N) is 1. The Morgan fingerprint density at radius 2 is 1.90 bits per heavy atom. The Kier molecular flexibility index (Phi) is 5.29. The SMILES string of the molecule is FC(F)(F)COCCNCc1nnc(-c2ccccc2)o1. The molecule has 1 heterocycles. The Balaban J connectivity index is 1.69. The van der Waals surface area contributed by atoms with E-state index >= 15 is 0 Å². The molecule has 0 atom stereocenters. The van der Waals surface area contributed by atoms with Crippen LogP contribution in [-0.2, 0) is 11.3 Å². The van der Waals surface area contributed by atoms with E-state index < -0.39 is 12.8 Å². The molecule has 0 aliphatic rings. The van der Waals surface area contributed by atoms with Gasteiger partial charge in [0.2, 0.25) is 11.8 Å². The van der Waals surface area contributed by atoms with Crippen LogP contribution in [0.4, 0.5) is 13.2 Å². The highest BCUT2D eigenvalue weighted by atomic mass is 19.4. The van der Waals surface area contributed by atoms with Gasteiger partial charge >= 0.3 is 6.18 Å². The zero-order valence-corrected chi connectivity index (χ0v) is 11.1. The number of hydrogen-bond donors (Lipinski definition) is 1. The number of halogens is 3. The van der Waals surface area contributed by atoms with E-state index in [1.54, 1.807) is 0 Å². The lowest BCUT2D eigenvalue weighted by Gasteiger charge is -2.07. The lowest BCUT2D eigenvalue weighted by atomic mass is 10.2. The summed E-state index contributed by atoms with van der Waals surface area (Å²) in [6.45, 7) is -0.749. The maximum Gasteiger partial charge on any atom is 0.411 e. The highest BCUT2D eigenvalue weighted by molar-refractivity contribution is 5.51. The van der Waals surface area contributed by atoms with Gasteiger partial charge in [-0.15, -0.1) is 10.2 Å². The molecule has 0 saturated heterocycles. The van der Waals surface area contributed by atoms with Crippen LogP contribution in [-0.4, -0.2) is 36.1 Å². The van der Waals surface area contributed by atoms with Crippen LogP contribution >= 0.6 is 0 Å². The van der Waals surface area contributed by atoms with Gasteiger partial charge in [-0.25, -0.2) is 0 Å². The van der Waals surface area contributed by atoms with Crippen LogP contribution in [0.25, 0.3) is 11.5 Å². The molecule has 0 spiro atoms. The Labute approximate surface area is 119 Å². The van der Waals surface area contributed by atoms with Crippen LogP contribution in [0, 0.1) is 0 Å². The quantitative estimate of drug-likeness (QED) is 0.796. The van der Waals surface area contributed by atoms with Crippen molar-refractivity contribution in [2.75, 3.05) is 19.8 Å². The number of benzene rings is 1. The fourth-order valence-corrected chi connectivity index (χ4v) is 1.55. The first-order valence-electron chi connectivity index (χ1n) is 6.27. The number of rotatable bonds is 7. The first-order chi connectivity index (χ1) is 10.0. The topological polar surface area (TPSA) is 60.2 Å². The molecule has 0 saturated carbocycles. The molecule has 114 valence electrons. The molecule has 1 N–H and O–H groups in total. The molecule has 5 nitrogen and oxygen atoms in total. The number of hydrogen-bond acceptors (Lipinski definition) is 5. The van der Waals surface area contributed by atoms with Crippen molar-refractivity contribution in [1.82, 2.24) is 15.5 Å². The van der Waals surface area contributed by atoms with Crippen molar-refractivity contribution in [2.45, 2.75) is 12.7 Å². The van der Waals surface area contributed by atoms with E-state index in [1.807, 2.05) is 30.3 Å². The summed E-state index contributed by atoms with van der Waals surface area (Å²) < 4.78 is 45.3. The Bertz CT molecular complexity index is 543. The van der Waals surface area contributed by atoms with E-state index in [-0.39, 0.29) is 19.7 Å². The van der Waals surface area contributed by atoms with E-state index in [0.717, 1.165) is 5.56 Å². The third kappa shape index (κ3) is 5.52. The molecule has 1 aromatic carbocycles. The summed E-state index contributed by atoms with van der Waals surface area (Å²) in [4.78, 5) is 0. The molecule has 1 aromatic heterocycles. The van der Waals surface area contributed by atoms with Gasteiger partial charge in [-0.3, -0.25) is 0 Å². The second kappa shape index (κ2) is 7.19. The molecule has 0 bridgehead atoms. The first kappa shape index (κ1) is 15.5. The van der Waals surface area contributed by atoms with Gasteiger partial charge in [-0.2, -0.15) is 13.2 Å².